The average Bonchev–Trinajstić information content (AvgIpc) is 3.31. The van der Waals surface area contributed by atoms with Crippen LogP contribution in [0.2, 0.25) is 5.02 Å². The second-order valence-electron chi connectivity index (χ2n) is 7.76. The quantitative estimate of drug-likeness (QED) is 0.697. The summed E-state index contributed by atoms with van der Waals surface area (Å²) in [5, 5.41) is 7.69. The van der Waals surface area contributed by atoms with Crippen molar-refractivity contribution in [3.8, 4) is 5.75 Å². The first-order chi connectivity index (χ1) is 13.9. The van der Waals surface area contributed by atoms with Crippen molar-refractivity contribution in [2.45, 2.75) is 50.0 Å². The number of fused-ring (bicyclic) bond motifs is 1. The van der Waals surface area contributed by atoms with Gasteiger partial charge in [-0.15, -0.1) is 0 Å². The number of aryl methyl sites for hydroxylation is 1. The lowest BCUT2D eigenvalue weighted by molar-refractivity contribution is -0.149. The highest BCUT2D eigenvalue weighted by Crippen LogP contribution is 2.46. The van der Waals surface area contributed by atoms with Gasteiger partial charge in [0.2, 0.25) is 0 Å². The molecule has 2 aromatic carbocycles. The Morgan fingerprint density at radius 1 is 1.21 bits per heavy atom. The summed E-state index contributed by atoms with van der Waals surface area (Å²) >= 11 is 6.13. The topological polar surface area (TPSA) is 33.3 Å². The van der Waals surface area contributed by atoms with Crippen LogP contribution in [0.15, 0.2) is 36.4 Å². The second-order valence-corrected chi connectivity index (χ2v) is 8.20. The summed E-state index contributed by atoms with van der Waals surface area (Å²) in [4.78, 5) is 0. The third kappa shape index (κ3) is 4.25. The van der Waals surface area contributed by atoms with E-state index >= 15 is 0 Å². The van der Waals surface area contributed by atoms with Crippen LogP contribution in [-0.4, -0.2) is 25.9 Å². The van der Waals surface area contributed by atoms with E-state index in [1.807, 2.05) is 24.3 Å². The molecule has 1 heterocycles. The average molecular weight is 425 g/mol. The van der Waals surface area contributed by atoms with Crippen molar-refractivity contribution in [1.82, 2.24) is 10.6 Å². The van der Waals surface area contributed by atoms with E-state index in [0.29, 0.717) is 29.3 Å². The molecule has 7 heteroatoms. The van der Waals surface area contributed by atoms with Crippen molar-refractivity contribution >= 4 is 11.6 Å². The number of ether oxygens (including phenoxy) is 1. The van der Waals surface area contributed by atoms with Crippen molar-refractivity contribution in [3.63, 3.8) is 0 Å². The molecule has 2 N–H and O–H groups in total. The summed E-state index contributed by atoms with van der Waals surface area (Å²) < 4.78 is 45.7. The summed E-state index contributed by atoms with van der Waals surface area (Å²) in [6.45, 7) is 1.32. The zero-order valence-corrected chi connectivity index (χ0v) is 16.9. The molecule has 156 valence electrons. The first-order valence-corrected chi connectivity index (χ1v) is 10.2. The smallest absolute Gasteiger partial charge is 0.395 e. The molecule has 0 amide bonds. The maximum absolute atomic E-state index is 13.4. The number of hydrogen-bond acceptors (Lipinski definition) is 3. The van der Waals surface area contributed by atoms with Crippen LogP contribution in [0.5, 0.6) is 5.75 Å². The van der Waals surface area contributed by atoms with Crippen LogP contribution in [-0.2, 0) is 13.0 Å². The molecular formula is C22H24ClF3N2O. The molecule has 1 aliphatic carbocycles. The van der Waals surface area contributed by atoms with Gasteiger partial charge in [-0.05, 0) is 66.8 Å². The van der Waals surface area contributed by atoms with Gasteiger partial charge in [0.15, 0.2) is 0 Å². The number of nitrogens with one attached hydrogen (secondary N) is 2. The summed E-state index contributed by atoms with van der Waals surface area (Å²) in [5.74, 6) is -0.737. The second kappa shape index (κ2) is 8.17. The summed E-state index contributed by atoms with van der Waals surface area (Å²) in [5.41, 5.74) is 3.00. The van der Waals surface area contributed by atoms with Crippen LogP contribution in [0, 0.1) is 0 Å². The fraction of sp³-hybridized carbons (Fsp3) is 0.455. The Hall–Kier alpha value is -1.76. The van der Waals surface area contributed by atoms with Gasteiger partial charge >= 0.3 is 6.18 Å². The SMILES string of the molecule is COc1cc2c(cc1CN[C@@H]1CCN[C@@H]1c1cccc(Cl)c1)C(C(F)(F)F)CC2. The normalized spacial score (nSPS) is 24.0. The molecule has 1 unspecified atom stereocenters. The summed E-state index contributed by atoms with van der Waals surface area (Å²) in [6, 6.07) is 11.5. The molecule has 0 radical (unpaired) electrons. The third-order valence-electron chi connectivity index (χ3n) is 6.00. The Bertz CT molecular complexity index is 887. The minimum absolute atomic E-state index is 0.108. The Morgan fingerprint density at radius 2 is 2.03 bits per heavy atom. The molecular weight excluding hydrogens is 401 g/mol. The van der Waals surface area contributed by atoms with Gasteiger partial charge in [0.1, 0.15) is 5.75 Å². The number of rotatable bonds is 5. The first-order valence-electron chi connectivity index (χ1n) is 9.85. The van der Waals surface area contributed by atoms with Gasteiger partial charge in [0.25, 0.3) is 0 Å². The van der Waals surface area contributed by atoms with Gasteiger partial charge < -0.3 is 15.4 Å². The molecule has 0 spiro atoms. The van der Waals surface area contributed by atoms with Gasteiger partial charge in [-0.2, -0.15) is 13.2 Å². The maximum atomic E-state index is 13.4. The standard InChI is InChI=1S/C22H24ClF3N2O/c1-29-20-11-13-5-6-18(22(24,25)26)17(13)10-15(20)12-28-19-7-8-27-21(19)14-3-2-4-16(23)9-14/h2-4,9-11,18-19,21,27-28H,5-8,12H2,1H3/t18?,19-,21-/m1/s1. The van der Waals surface area contributed by atoms with E-state index in [2.05, 4.69) is 10.6 Å². The van der Waals surface area contributed by atoms with Crippen LogP contribution < -0.4 is 15.4 Å². The van der Waals surface area contributed by atoms with Crippen LogP contribution in [0.3, 0.4) is 0 Å². The minimum Gasteiger partial charge on any atom is -0.496 e. The molecule has 0 bridgehead atoms. The van der Waals surface area contributed by atoms with E-state index in [0.717, 1.165) is 29.7 Å². The van der Waals surface area contributed by atoms with Crippen LogP contribution >= 0.6 is 11.6 Å². The molecule has 2 aliphatic rings. The van der Waals surface area contributed by atoms with E-state index in [1.165, 1.54) is 0 Å². The van der Waals surface area contributed by atoms with Crippen molar-refractivity contribution in [3.05, 3.63) is 63.7 Å². The number of methoxy groups -OCH3 is 1. The monoisotopic (exact) mass is 424 g/mol. The minimum atomic E-state index is -4.21. The highest BCUT2D eigenvalue weighted by atomic mass is 35.5. The molecule has 1 saturated heterocycles. The van der Waals surface area contributed by atoms with Gasteiger partial charge in [-0.1, -0.05) is 23.7 Å². The van der Waals surface area contributed by atoms with Crippen molar-refractivity contribution in [1.29, 1.82) is 0 Å². The zero-order chi connectivity index (χ0) is 20.6. The molecule has 0 saturated carbocycles. The molecule has 2 aromatic rings. The van der Waals surface area contributed by atoms with E-state index in [4.69, 9.17) is 16.3 Å². The summed E-state index contributed by atoms with van der Waals surface area (Å²) in [7, 11) is 1.56. The predicted octanol–water partition coefficient (Wildman–Crippen LogP) is 5.13. The van der Waals surface area contributed by atoms with Crippen molar-refractivity contribution in [2.24, 2.45) is 0 Å². The zero-order valence-electron chi connectivity index (χ0n) is 16.2. The van der Waals surface area contributed by atoms with Gasteiger partial charge in [0, 0.05) is 29.2 Å². The number of alkyl halides is 3. The van der Waals surface area contributed by atoms with Crippen molar-refractivity contribution in [2.75, 3.05) is 13.7 Å². The molecule has 0 aromatic heterocycles. The Morgan fingerprint density at radius 3 is 2.76 bits per heavy atom. The number of benzene rings is 2. The molecule has 3 atom stereocenters. The lowest BCUT2D eigenvalue weighted by Gasteiger charge is -2.23. The largest absolute Gasteiger partial charge is 0.496 e. The van der Waals surface area contributed by atoms with E-state index < -0.39 is 12.1 Å². The Balaban J connectivity index is 1.53. The number of halogens is 4. The summed E-state index contributed by atoms with van der Waals surface area (Å²) in [6.07, 6.45) is -2.73. The Kier molecular flexibility index (Phi) is 5.78. The highest BCUT2D eigenvalue weighted by Gasteiger charge is 2.44. The predicted molar refractivity (Wildman–Crippen MR) is 108 cm³/mol. The highest BCUT2D eigenvalue weighted by molar-refractivity contribution is 6.30. The molecule has 29 heavy (non-hydrogen) atoms. The van der Waals surface area contributed by atoms with Gasteiger partial charge in [-0.3, -0.25) is 0 Å². The van der Waals surface area contributed by atoms with Gasteiger partial charge in [-0.25, -0.2) is 0 Å². The van der Waals surface area contributed by atoms with Crippen LogP contribution in [0.25, 0.3) is 0 Å². The van der Waals surface area contributed by atoms with Gasteiger partial charge in [0.05, 0.1) is 13.0 Å². The lowest BCUT2D eigenvalue weighted by Crippen LogP contribution is -2.34. The maximum Gasteiger partial charge on any atom is 0.395 e. The third-order valence-corrected chi connectivity index (χ3v) is 6.23. The molecule has 4 rings (SSSR count). The van der Waals surface area contributed by atoms with Crippen LogP contribution in [0.4, 0.5) is 13.2 Å². The molecule has 1 aliphatic heterocycles. The van der Waals surface area contributed by atoms with E-state index in [1.54, 1.807) is 19.2 Å². The molecule has 3 nitrogen and oxygen atoms in total. The Labute approximate surface area is 173 Å². The fourth-order valence-corrected chi connectivity index (χ4v) is 4.76. The van der Waals surface area contributed by atoms with Crippen LogP contribution in [0.1, 0.15) is 47.1 Å². The molecule has 1 fully saturated rings. The van der Waals surface area contributed by atoms with E-state index in [9.17, 15) is 13.2 Å². The first kappa shape index (κ1) is 20.5. The lowest BCUT2D eigenvalue weighted by atomic mass is 9.97. The fourth-order valence-electron chi connectivity index (χ4n) is 4.56. The number of hydrogen-bond donors (Lipinski definition) is 2. The van der Waals surface area contributed by atoms with E-state index in [-0.39, 0.29) is 18.5 Å². The van der Waals surface area contributed by atoms with Crippen molar-refractivity contribution < 1.29 is 17.9 Å².